The number of ether oxygens (including phenoxy) is 1. The van der Waals surface area contributed by atoms with Gasteiger partial charge in [0.15, 0.2) is 0 Å². The van der Waals surface area contributed by atoms with Gasteiger partial charge in [0.05, 0.1) is 7.11 Å². The fourth-order valence-electron chi connectivity index (χ4n) is 4.23. The van der Waals surface area contributed by atoms with Crippen LogP contribution in [-0.2, 0) is 25.7 Å². The van der Waals surface area contributed by atoms with Crippen LogP contribution in [0.1, 0.15) is 33.4 Å². The summed E-state index contributed by atoms with van der Waals surface area (Å²) in [7, 11) is 1.57. The summed E-state index contributed by atoms with van der Waals surface area (Å²) in [5.41, 5.74) is 5.95. The Hall–Kier alpha value is -4.12. The van der Waals surface area contributed by atoms with Gasteiger partial charge in [-0.2, -0.15) is 0 Å². The van der Waals surface area contributed by atoms with Crippen LogP contribution in [0, 0.1) is 0 Å². The van der Waals surface area contributed by atoms with Crippen molar-refractivity contribution in [1.82, 2.24) is 0 Å². The molecule has 0 aromatic heterocycles. The van der Waals surface area contributed by atoms with Crippen molar-refractivity contribution in [2.24, 2.45) is 0 Å². The molecule has 174 valence electrons. The molecule has 0 saturated carbocycles. The minimum atomic E-state index is 0.152. The SMILES string of the molecule is COc1cc(O)cc(CCc2c(Cc3ccc(O)cc3)ccc(O)c2Cc2ccc(O)cc2)c1. The molecule has 0 unspecified atom stereocenters. The number of aromatic hydroxyl groups is 4. The van der Waals surface area contributed by atoms with Crippen LogP contribution in [0.4, 0.5) is 0 Å². The second-order valence-electron chi connectivity index (χ2n) is 8.43. The zero-order valence-corrected chi connectivity index (χ0v) is 19.0. The predicted molar refractivity (Wildman–Crippen MR) is 132 cm³/mol. The Morgan fingerprint density at radius 2 is 1.18 bits per heavy atom. The first-order chi connectivity index (χ1) is 16.4. The maximum absolute atomic E-state index is 10.8. The van der Waals surface area contributed by atoms with Crippen LogP contribution in [0.2, 0.25) is 0 Å². The second-order valence-corrected chi connectivity index (χ2v) is 8.43. The first-order valence-electron chi connectivity index (χ1n) is 11.2. The standard InChI is InChI=1S/C29H28O5/c1-34-26-16-21(15-25(32)18-26)6-12-27-22(14-19-2-8-23(30)9-3-19)7-13-29(33)28(27)17-20-4-10-24(31)11-5-20/h2-5,7-11,13,15-16,18,30-33H,6,12,14,17H2,1H3. The average Bonchev–Trinajstić information content (AvgIpc) is 2.83. The molecule has 0 atom stereocenters. The van der Waals surface area contributed by atoms with Gasteiger partial charge >= 0.3 is 0 Å². The van der Waals surface area contributed by atoms with Crippen LogP contribution in [0.25, 0.3) is 0 Å². The minimum Gasteiger partial charge on any atom is -0.508 e. The number of benzene rings is 4. The Morgan fingerprint density at radius 1 is 0.559 bits per heavy atom. The molecule has 0 aliphatic rings. The van der Waals surface area contributed by atoms with Gasteiger partial charge in [-0.1, -0.05) is 30.3 Å². The van der Waals surface area contributed by atoms with Gasteiger partial charge in [-0.05, 0) is 89.5 Å². The van der Waals surface area contributed by atoms with E-state index in [-0.39, 0.29) is 23.0 Å². The van der Waals surface area contributed by atoms with Crippen LogP contribution in [0.15, 0.2) is 78.9 Å². The number of phenolic OH excluding ortho intramolecular Hbond substituents is 4. The number of rotatable bonds is 8. The monoisotopic (exact) mass is 456 g/mol. The molecule has 4 aromatic rings. The lowest BCUT2D eigenvalue weighted by atomic mass is 9.88. The number of phenols is 4. The third-order valence-corrected chi connectivity index (χ3v) is 6.00. The lowest BCUT2D eigenvalue weighted by molar-refractivity contribution is 0.407. The Balaban J connectivity index is 1.71. The Kier molecular flexibility index (Phi) is 6.93. The molecule has 0 heterocycles. The molecule has 0 spiro atoms. The smallest absolute Gasteiger partial charge is 0.122 e. The van der Waals surface area contributed by atoms with Crippen molar-refractivity contribution >= 4 is 0 Å². The first kappa shape index (κ1) is 23.1. The van der Waals surface area contributed by atoms with E-state index < -0.39 is 0 Å². The van der Waals surface area contributed by atoms with E-state index in [9.17, 15) is 20.4 Å². The Morgan fingerprint density at radius 3 is 1.79 bits per heavy atom. The van der Waals surface area contributed by atoms with Gasteiger partial charge in [0.2, 0.25) is 0 Å². The summed E-state index contributed by atoms with van der Waals surface area (Å²) >= 11 is 0. The van der Waals surface area contributed by atoms with Crippen molar-refractivity contribution < 1.29 is 25.2 Å². The summed E-state index contributed by atoms with van der Waals surface area (Å²) in [6.07, 6.45) is 2.48. The van der Waals surface area contributed by atoms with Crippen molar-refractivity contribution in [2.45, 2.75) is 25.7 Å². The van der Waals surface area contributed by atoms with Gasteiger partial charge < -0.3 is 25.2 Å². The summed E-state index contributed by atoms with van der Waals surface area (Å²) in [5, 5.41) is 40.1. The molecule has 4 aromatic carbocycles. The Labute approximate surface area is 199 Å². The summed E-state index contributed by atoms with van der Waals surface area (Å²) in [4.78, 5) is 0. The zero-order valence-electron chi connectivity index (χ0n) is 19.0. The summed E-state index contributed by atoms with van der Waals surface area (Å²) in [6, 6.07) is 23.0. The quantitative estimate of drug-likeness (QED) is 0.282. The van der Waals surface area contributed by atoms with E-state index >= 15 is 0 Å². The molecule has 0 radical (unpaired) electrons. The summed E-state index contributed by atoms with van der Waals surface area (Å²) in [5.74, 6) is 1.40. The van der Waals surface area contributed by atoms with E-state index in [0.717, 1.165) is 33.4 Å². The van der Waals surface area contributed by atoms with E-state index in [1.807, 2.05) is 36.4 Å². The van der Waals surface area contributed by atoms with Gasteiger partial charge in [0.1, 0.15) is 28.7 Å². The third kappa shape index (κ3) is 5.62. The van der Waals surface area contributed by atoms with E-state index in [2.05, 4.69) is 0 Å². The maximum Gasteiger partial charge on any atom is 0.122 e. The third-order valence-electron chi connectivity index (χ3n) is 6.00. The molecule has 0 amide bonds. The second kappa shape index (κ2) is 10.2. The number of aryl methyl sites for hydroxylation is 1. The van der Waals surface area contributed by atoms with Crippen molar-refractivity contribution in [3.05, 3.63) is 112 Å². The first-order valence-corrected chi connectivity index (χ1v) is 11.2. The molecular formula is C29H28O5. The van der Waals surface area contributed by atoms with Crippen LogP contribution in [-0.4, -0.2) is 27.5 Å². The van der Waals surface area contributed by atoms with Crippen LogP contribution >= 0.6 is 0 Å². The van der Waals surface area contributed by atoms with Crippen molar-refractivity contribution in [1.29, 1.82) is 0 Å². The minimum absolute atomic E-state index is 0.152. The van der Waals surface area contributed by atoms with Crippen molar-refractivity contribution in [3.63, 3.8) is 0 Å². The van der Waals surface area contributed by atoms with E-state index in [4.69, 9.17) is 4.74 Å². The van der Waals surface area contributed by atoms with Gasteiger partial charge in [-0.25, -0.2) is 0 Å². The zero-order chi connectivity index (χ0) is 24.1. The largest absolute Gasteiger partial charge is 0.508 e. The van der Waals surface area contributed by atoms with Gasteiger partial charge in [-0.15, -0.1) is 0 Å². The van der Waals surface area contributed by atoms with Gasteiger partial charge in [0.25, 0.3) is 0 Å². The summed E-state index contributed by atoms with van der Waals surface area (Å²) in [6.45, 7) is 0. The van der Waals surface area contributed by atoms with E-state index in [0.29, 0.717) is 31.4 Å². The fraction of sp³-hybridized carbons (Fsp3) is 0.172. The number of hydrogen-bond donors (Lipinski definition) is 4. The Bertz CT molecular complexity index is 1260. The predicted octanol–water partition coefficient (Wildman–Crippen LogP) is 5.48. The van der Waals surface area contributed by atoms with Crippen molar-refractivity contribution in [2.75, 3.05) is 7.11 Å². The molecule has 4 N–H and O–H groups in total. The highest BCUT2D eigenvalue weighted by Crippen LogP contribution is 2.31. The fourth-order valence-corrected chi connectivity index (χ4v) is 4.23. The molecule has 5 nitrogen and oxygen atoms in total. The van der Waals surface area contributed by atoms with Crippen LogP contribution in [0.3, 0.4) is 0 Å². The molecular weight excluding hydrogens is 428 g/mol. The molecule has 5 heteroatoms. The van der Waals surface area contributed by atoms with E-state index in [1.54, 1.807) is 49.6 Å². The molecule has 0 saturated heterocycles. The highest BCUT2D eigenvalue weighted by Gasteiger charge is 2.15. The van der Waals surface area contributed by atoms with Crippen LogP contribution < -0.4 is 4.74 Å². The highest BCUT2D eigenvalue weighted by atomic mass is 16.5. The number of methoxy groups -OCH3 is 1. The van der Waals surface area contributed by atoms with E-state index in [1.165, 1.54) is 0 Å². The molecule has 0 aliphatic carbocycles. The molecule has 0 bridgehead atoms. The highest BCUT2D eigenvalue weighted by molar-refractivity contribution is 5.49. The summed E-state index contributed by atoms with van der Waals surface area (Å²) < 4.78 is 5.29. The molecule has 4 rings (SSSR count). The average molecular weight is 457 g/mol. The van der Waals surface area contributed by atoms with Crippen molar-refractivity contribution in [3.8, 4) is 28.7 Å². The maximum atomic E-state index is 10.8. The number of hydrogen-bond acceptors (Lipinski definition) is 5. The molecule has 0 fully saturated rings. The van der Waals surface area contributed by atoms with Crippen LogP contribution in [0.5, 0.6) is 28.7 Å². The molecule has 34 heavy (non-hydrogen) atoms. The lowest BCUT2D eigenvalue weighted by Gasteiger charge is -2.18. The lowest BCUT2D eigenvalue weighted by Crippen LogP contribution is -2.05. The molecule has 0 aliphatic heterocycles. The van der Waals surface area contributed by atoms with Gasteiger partial charge in [-0.3, -0.25) is 0 Å². The van der Waals surface area contributed by atoms with Gasteiger partial charge in [0, 0.05) is 18.1 Å². The topological polar surface area (TPSA) is 90.2 Å². The normalized spacial score (nSPS) is 10.9.